The van der Waals surface area contributed by atoms with Gasteiger partial charge in [-0.2, -0.15) is 31.4 Å². The molecule has 2 atom stereocenters. The van der Waals surface area contributed by atoms with Gasteiger partial charge in [0.25, 0.3) is 5.56 Å². The van der Waals surface area contributed by atoms with Gasteiger partial charge in [-0.15, -0.1) is 0 Å². The molecule has 2 aromatic heterocycles. The molecule has 1 saturated heterocycles. The maximum Gasteiger partial charge on any atom is 0.423 e. The summed E-state index contributed by atoms with van der Waals surface area (Å²) in [6.07, 6.45) is -9.09. The average molecular weight is 727 g/mol. The molecule has 49 heavy (non-hydrogen) atoms. The SMILES string of the molecule is C[C@@H](COCC(CC(=O)N1CCN(c2ncc(C(F)(F)F)cn2)CC1)NC(=O)O)Nc1cnn(COCC[Si](C)(C)C)c(=O)c1C(F)(F)F. The third-order valence-corrected chi connectivity index (χ3v) is 8.96. The van der Waals surface area contributed by atoms with Crippen LogP contribution in [-0.2, 0) is 33.4 Å². The van der Waals surface area contributed by atoms with Crippen molar-refractivity contribution in [2.24, 2.45) is 0 Å². The highest BCUT2D eigenvalue weighted by molar-refractivity contribution is 6.76. The lowest BCUT2D eigenvalue weighted by molar-refractivity contribution is -0.139. The Balaban J connectivity index is 1.53. The first kappa shape index (κ1) is 39.5. The van der Waals surface area contributed by atoms with E-state index in [0.29, 0.717) is 17.1 Å². The number of alkyl halides is 6. The zero-order chi connectivity index (χ0) is 36.6. The van der Waals surface area contributed by atoms with E-state index in [1.54, 1.807) is 4.90 Å². The molecule has 2 amide bonds. The van der Waals surface area contributed by atoms with Crippen LogP contribution in [0.3, 0.4) is 0 Å². The number of halogens is 6. The van der Waals surface area contributed by atoms with Crippen molar-refractivity contribution in [2.45, 2.75) is 70.2 Å². The van der Waals surface area contributed by atoms with Gasteiger partial charge in [0.2, 0.25) is 11.9 Å². The number of nitrogens with one attached hydrogen (secondary N) is 2. The molecule has 1 aliphatic heterocycles. The van der Waals surface area contributed by atoms with Crippen molar-refractivity contribution in [3.05, 3.63) is 40.1 Å². The highest BCUT2D eigenvalue weighted by atomic mass is 28.3. The van der Waals surface area contributed by atoms with Crippen molar-refractivity contribution >= 4 is 31.7 Å². The van der Waals surface area contributed by atoms with E-state index in [0.717, 1.165) is 12.2 Å². The number of carbonyl (C=O) groups is 2. The second-order valence-corrected chi connectivity index (χ2v) is 18.3. The van der Waals surface area contributed by atoms with Crippen molar-refractivity contribution in [2.75, 3.05) is 56.2 Å². The normalized spacial score (nSPS) is 15.6. The van der Waals surface area contributed by atoms with E-state index in [1.165, 1.54) is 11.8 Å². The Bertz CT molecular complexity index is 1460. The van der Waals surface area contributed by atoms with Crippen LogP contribution in [0.5, 0.6) is 0 Å². The molecule has 0 saturated carbocycles. The summed E-state index contributed by atoms with van der Waals surface area (Å²) in [4.78, 5) is 47.5. The van der Waals surface area contributed by atoms with Gasteiger partial charge in [-0.05, 0) is 13.0 Å². The number of anilines is 2. The van der Waals surface area contributed by atoms with Gasteiger partial charge in [-0.3, -0.25) is 9.59 Å². The van der Waals surface area contributed by atoms with E-state index in [-0.39, 0.29) is 58.4 Å². The van der Waals surface area contributed by atoms with Crippen LogP contribution in [0.1, 0.15) is 24.5 Å². The maximum absolute atomic E-state index is 13.9. The predicted molar refractivity (Wildman–Crippen MR) is 167 cm³/mol. The molecule has 3 heterocycles. The second-order valence-electron chi connectivity index (χ2n) is 12.7. The lowest BCUT2D eigenvalue weighted by Gasteiger charge is -2.35. The first-order valence-corrected chi connectivity index (χ1v) is 19.0. The van der Waals surface area contributed by atoms with Gasteiger partial charge in [-0.25, -0.2) is 19.4 Å². The van der Waals surface area contributed by atoms with Crippen LogP contribution in [0.4, 0.5) is 42.8 Å². The third kappa shape index (κ3) is 12.4. The number of piperazine rings is 1. The number of aromatic nitrogens is 4. The molecule has 1 unspecified atom stereocenters. The molecular weight excluding hydrogens is 686 g/mol. The fourth-order valence-electron chi connectivity index (χ4n) is 4.64. The Morgan fingerprint density at radius 1 is 0.980 bits per heavy atom. The van der Waals surface area contributed by atoms with Crippen LogP contribution >= 0.6 is 0 Å². The molecule has 0 radical (unpaired) electrons. The van der Waals surface area contributed by atoms with Crippen molar-refractivity contribution in [3.8, 4) is 0 Å². The van der Waals surface area contributed by atoms with Crippen LogP contribution in [0.25, 0.3) is 0 Å². The summed E-state index contributed by atoms with van der Waals surface area (Å²) in [5, 5.41) is 17.8. The summed E-state index contributed by atoms with van der Waals surface area (Å²) >= 11 is 0. The average Bonchev–Trinajstić information content (AvgIpc) is 2.98. The van der Waals surface area contributed by atoms with Gasteiger partial charge in [-0.1, -0.05) is 19.6 Å². The molecule has 2 aromatic rings. The van der Waals surface area contributed by atoms with Crippen LogP contribution in [0.2, 0.25) is 25.7 Å². The second kappa shape index (κ2) is 16.6. The molecule has 3 rings (SSSR count). The number of hydrogen-bond acceptors (Lipinski definition) is 10. The minimum absolute atomic E-state index is 0.0721. The number of carboxylic acid groups (broad SMARTS) is 1. The molecule has 0 aromatic carbocycles. The zero-order valence-corrected chi connectivity index (χ0v) is 28.4. The van der Waals surface area contributed by atoms with E-state index < -0.39 is 73.6 Å². The van der Waals surface area contributed by atoms with E-state index in [2.05, 4.69) is 45.3 Å². The summed E-state index contributed by atoms with van der Waals surface area (Å²) in [5.74, 6) is -0.352. The fourth-order valence-corrected chi connectivity index (χ4v) is 5.40. The maximum atomic E-state index is 13.9. The monoisotopic (exact) mass is 726 g/mol. The van der Waals surface area contributed by atoms with E-state index in [1.807, 2.05) is 0 Å². The zero-order valence-electron chi connectivity index (χ0n) is 27.4. The molecular formula is C28H40F6N8O6Si. The number of ether oxygens (including phenoxy) is 2. The Labute approximate surface area is 278 Å². The summed E-state index contributed by atoms with van der Waals surface area (Å²) in [5.41, 5.74) is -4.39. The molecule has 1 aliphatic rings. The van der Waals surface area contributed by atoms with Crippen LogP contribution < -0.4 is 21.1 Å². The minimum atomic E-state index is -5.00. The van der Waals surface area contributed by atoms with E-state index in [4.69, 9.17) is 9.47 Å². The molecule has 14 nitrogen and oxygen atoms in total. The molecule has 3 N–H and O–H groups in total. The number of nitrogens with zero attached hydrogens (tertiary/aromatic N) is 6. The molecule has 0 aliphatic carbocycles. The van der Waals surface area contributed by atoms with Gasteiger partial charge in [0.1, 0.15) is 12.3 Å². The summed E-state index contributed by atoms with van der Waals surface area (Å²) in [6, 6.07) is -1.05. The number of amides is 2. The molecule has 274 valence electrons. The quantitative estimate of drug-likeness (QED) is 0.140. The van der Waals surface area contributed by atoms with E-state index in [9.17, 15) is 45.8 Å². The third-order valence-electron chi connectivity index (χ3n) is 7.26. The molecule has 1 fully saturated rings. The van der Waals surface area contributed by atoms with Gasteiger partial charge >= 0.3 is 18.4 Å². The Kier molecular flexibility index (Phi) is 13.4. The minimum Gasteiger partial charge on any atom is -0.465 e. The first-order chi connectivity index (χ1) is 22.7. The Hall–Kier alpha value is -3.98. The smallest absolute Gasteiger partial charge is 0.423 e. The summed E-state index contributed by atoms with van der Waals surface area (Å²) < 4.78 is 91.6. The standard InChI is InChI=1S/C28H40F6N8O6Si/c1-18(38-21-14-37-42(17-47-9-10-49(2,3)4)24(44)23(21)28(32,33)34)15-48-16-20(39-26(45)46)11-22(43)40-5-7-41(8-6-40)25-35-12-19(13-36-25)27(29,30)31/h12-14,18,20,38-39H,5-11,15-17H2,1-4H3,(H,45,46)/t18-,20?/m0/s1. The van der Waals surface area contributed by atoms with Gasteiger partial charge in [0.15, 0.2) is 0 Å². The van der Waals surface area contributed by atoms with Crippen LogP contribution in [-0.4, -0.2) is 108 Å². The summed E-state index contributed by atoms with van der Waals surface area (Å²) in [6.45, 7) is 7.90. The lowest BCUT2D eigenvalue weighted by atomic mass is 10.2. The van der Waals surface area contributed by atoms with Crippen molar-refractivity contribution < 1.29 is 50.5 Å². The van der Waals surface area contributed by atoms with Gasteiger partial charge in [0, 0.05) is 65.7 Å². The molecule has 0 bridgehead atoms. The predicted octanol–water partition coefficient (Wildman–Crippen LogP) is 3.58. The lowest BCUT2D eigenvalue weighted by Crippen LogP contribution is -2.51. The van der Waals surface area contributed by atoms with Crippen LogP contribution in [0.15, 0.2) is 23.4 Å². The van der Waals surface area contributed by atoms with E-state index >= 15 is 0 Å². The number of hydrogen-bond donors (Lipinski definition) is 3. The highest BCUT2D eigenvalue weighted by Crippen LogP contribution is 2.32. The number of rotatable bonds is 15. The molecule has 0 spiro atoms. The Morgan fingerprint density at radius 2 is 1.61 bits per heavy atom. The van der Waals surface area contributed by atoms with Crippen LogP contribution in [0, 0.1) is 0 Å². The fraction of sp³-hybridized carbons (Fsp3) is 0.643. The summed E-state index contributed by atoms with van der Waals surface area (Å²) in [7, 11) is -1.46. The van der Waals surface area contributed by atoms with Crippen molar-refractivity contribution in [1.82, 2.24) is 30.0 Å². The Morgan fingerprint density at radius 3 is 2.16 bits per heavy atom. The molecule has 21 heteroatoms. The first-order valence-electron chi connectivity index (χ1n) is 15.3. The number of carbonyl (C=O) groups excluding carboxylic acids is 1. The largest absolute Gasteiger partial charge is 0.465 e. The topological polar surface area (TPSA) is 164 Å². The van der Waals surface area contributed by atoms with Gasteiger partial charge in [0.05, 0.1) is 36.7 Å². The highest BCUT2D eigenvalue weighted by Gasteiger charge is 2.39. The van der Waals surface area contributed by atoms with Gasteiger partial charge < -0.3 is 35.0 Å². The van der Waals surface area contributed by atoms with Crippen molar-refractivity contribution in [1.29, 1.82) is 0 Å². The van der Waals surface area contributed by atoms with Crippen molar-refractivity contribution in [3.63, 3.8) is 0 Å².